The van der Waals surface area contributed by atoms with E-state index in [4.69, 9.17) is 0 Å². The summed E-state index contributed by atoms with van der Waals surface area (Å²) in [7, 11) is 0. The fraction of sp³-hybridized carbons (Fsp3) is 0.889. The van der Waals surface area contributed by atoms with Gasteiger partial charge in [0.25, 0.3) is 0 Å². The average Bonchev–Trinajstić information content (AvgIpc) is 2.18. The monoisotopic (exact) mass is 220 g/mol. The van der Waals surface area contributed by atoms with E-state index in [9.17, 15) is 9.90 Å². The number of aldehydes is 1. The normalized spacial score (nSPS) is 23.8. The van der Waals surface area contributed by atoms with Gasteiger partial charge in [-0.15, -0.1) is 23.5 Å². The molecule has 0 amide bonds. The summed E-state index contributed by atoms with van der Waals surface area (Å²) < 4.78 is 0.492. The summed E-state index contributed by atoms with van der Waals surface area (Å²) in [5, 5.41) is 9.61. The quantitative estimate of drug-likeness (QED) is 0.733. The molecule has 0 aliphatic carbocycles. The van der Waals surface area contributed by atoms with Crippen molar-refractivity contribution in [1.29, 1.82) is 0 Å². The predicted octanol–water partition coefficient (Wildman–Crippen LogP) is 1.77. The smallest absolute Gasteiger partial charge is 0.125 e. The Kier molecular flexibility index (Phi) is 5.21. The third-order valence-corrected chi connectivity index (χ3v) is 5.15. The van der Waals surface area contributed by atoms with E-state index in [0.717, 1.165) is 12.7 Å². The van der Waals surface area contributed by atoms with Gasteiger partial charge in [-0.3, -0.25) is 0 Å². The molecule has 0 spiro atoms. The Hall–Kier alpha value is 0.330. The van der Waals surface area contributed by atoms with Crippen molar-refractivity contribution >= 4 is 29.8 Å². The van der Waals surface area contributed by atoms with Crippen molar-refractivity contribution in [3.63, 3.8) is 0 Å². The van der Waals surface area contributed by atoms with Crippen molar-refractivity contribution in [2.24, 2.45) is 5.92 Å². The number of hydrogen-bond acceptors (Lipinski definition) is 4. The summed E-state index contributed by atoms with van der Waals surface area (Å²) in [4.78, 5) is 10.4. The molecular weight excluding hydrogens is 204 g/mol. The van der Waals surface area contributed by atoms with Crippen LogP contribution in [0.1, 0.15) is 19.8 Å². The fourth-order valence-electron chi connectivity index (χ4n) is 1.18. The molecule has 1 aliphatic heterocycles. The highest BCUT2D eigenvalue weighted by molar-refractivity contribution is 8.17. The van der Waals surface area contributed by atoms with Gasteiger partial charge in [0.05, 0.1) is 10.7 Å². The molecule has 76 valence electrons. The van der Waals surface area contributed by atoms with Gasteiger partial charge in [-0.25, -0.2) is 0 Å². The van der Waals surface area contributed by atoms with Crippen molar-refractivity contribution in [3.05, 3.63) is 0 Å². The second kappa shape index (κ2) is 5.94. The number of thioether (sulfide) groups is 2. The van der Waals surface area contributed by atoms with Crippen molar-refractivity contribution in [3.8, 4) is 0 Å². The van der Waals surface area contributed by atoms with E-state index in [1.54, 1.807) is 6.92 Å². The van der Waals surface area contributed by atoms with Crippen LogP contribution in [0, 0.1) is 5.92 Å². The highest BCUT2D eigenvalue weighted by atomic mass is 32.2. The van der Waals surface area contributed by atoms with Crippen LogP contribution < -0.4 is 0 Å². The van der Waals surface area contributed by atoms with Gasteiger partial charge in [-0.1, -0.05) is 6.92 Å². The van der Waals surface area contributed by atoms with Crippen molar-refractivity contribution < 1.29 is 9.90 Å². The molecule has 1 rings (SSSR count). The molecule has 0 saturated carbocycles. The maximum absolute atomic E-state index is 10.4. The van der Waals surface area contributed by atoms with Crippen molar-refractivity contribution in [2.75, 3.05) is 11.5 Å². The lowest BCUT2D eigenvalue weighted by Crippen LogP contribution is -2.23. The molecule has 0 aromatic carbocycles. The first-order valence-corrected chi connectivity index (χ1v) is 6.70. The van der Waals surface area contributed by atoms with Gasteiger partial charge in [0.15, 0.2) is 0 Å². The minimum atomic E-state index is -0.458. The first-order valence-electron chi connectivity index (χ1n) is 4.60. The SMILES string of the molecule is C[C@@H](C=O)[C@@H](O)CC1SCCCS1. The van der Waals surface area contributed by atoms with Crippen LogP contribution in [0.5, 0.6) is 0 Å². The van der Waals surface area contributed by atoms with Gasteiger partial charge in [0.2, 0.25) is 0 Å². The van der Waals surface area contributed by atoms with E-state index in [2.05, 4.69) is 0 Å². The van der Waals surface area contributed by atoms with Crippen LogP contribution in [0.15, 0.2) is 0 Å². The average molecular weight is 220 g/mol. The Morgan fingerprint density at radius 2 is 2.15 bits per heavy atom. The van der Waals surface area contributed by atoms with Crippen LogP contribution in [0.2, 0.25) is 0 Å². The topological polar surface area (TPSA) is 37.3 Å². The number of carbonyl (C=O) groups excluding carboxylic acids is 1. The lowest BCUT2D eigenvalue weighted by molar-refractivity contribution is -0.113. The minimum Gasteiger partial charge on any atom is -0.392 e. The number of aliphatic hydroxyl groups excluding tert-OH is 1. The number of aliphatic hydroxyl groups is 1. The molecule has 1 aliphatic rings. The molecular formula is C9H16O2S2. The molecule has 0 bridgehead atoms. The molecule has 13 heavy (non-hydrogen) atoms. The van der Waals surface area contributed by atoms with Crippen LogP contribution in [0.25, 0.3) is 0 Å². The van der Waals surface area contributed by atoms with Gasteiger partial charge in [0.1, 0.15) is 6.29 Å². The second-order valence-corrected chi connectivity index (χ2v) is 6.24. The Bertz CT molecular complexity index is 158. The first-order chi connectivity index (χ1) is 6.24. The van der Waals surface area contributed by atoms with E-state index < -0.39 is 6.10 Å². The Morgan fingerprint density at radius 1 is 1.54 bits per heavy atom. The largest absolute Gasteiger partial charge is 0.392 e. The summed E-state index contributed by atoms with van der Waals surface area (Å²) in [6, 6.07) is 0. The van der Waals surface area contributed by atoms with Gasteiger partial charge in [0, 0.05) is 5.92 Å². The van der Waals surface area contributed by atoms with Crippen LogP contribution in [0.4, 0.5) is 0 Å². The molecule has 0 aromatic rings. The van der Waals surface area contributed by atoms with Crippen molar-refractivity contribution in [2.45, 2.75) is 30.5 Å². The van der Waals surface area contributed by atoms with E-state index in [1.165, 1.54) is 17.9 Å². The zero-order chi connectivity index (χ0) is 9.68. The maximum Gasteiger partial charge on any atom is 0.125 e. The molecule has 1 heterocycles. The van der Waals surface area contributed by atoms with E-state index >= 15 is 0 Å². The molecule has 1 fully saturated rings. The van der Waals surface area contributed by atoms with E-state index in [-0.39, 0.29) is 5.92 Å². The van der Waals surface area contributed by atoms with Crippen molar-refractivity contribution in [1.82, 2.24) is 0 Å². The highest BCUT2D eigenvalue weighted by Crippen LogP contribution is 2.34. The van der Waals surface area contributed by atoms with E-state index in [0.29, 0.717) is 4.58 Å². The van der Waals surface area contributed by atoms with Gasteiger partial charge < -0.3 is 9.90 Å². The summed E-state index contributed by atoms with van der Waals surface area (Å²) >= 11 is 3.81. The highest BCUT2D eigenvalue weighted by Gasteiger charge is 2.21. The lowest BCUT2D eigenvalue weighted by Gasteiger charge is -2.24. The fourth-order valence-corrected chi connectivity index (χ4v) is 4.13. The molecule has 1 N–H and O–H groups in total. The van der Waals surface area contributed by atoms with Crippen LogP contribution >= 0.6 is 23.5 Å². The van der Waals surface area contributed by atoms with Gasteiger partial charge in [-0.2, -0.15) is 0 Å². The van der Waals surface area contributed by atoms with Crippen LogP contribution in [-0.2, 0) is 4.79 Å². The summed E-state index contributed by atoms with van der Waals surface area (Å²) in [6.07, 6.45) is 2.39. The van der Waals surface area contributed by atoms with Crippen LogP contribution in [-0.4, -0.2) is 33.6 Å². The lowest BCUT2D eigenvalue weighted by atomic mass is 10.1. The number of hydrogen-bond donors (Lipinski definition) is 1. The second-order valence-electron chi connectivity index (χ2n) is 3.32. The van der Waals surface area contributed by atoms with E-state index in [1.807, 2.05) is 23.5 Å². The number of carbonyl (C=O) groups is 1. The molecule has 0 aromatic heterocycles. The molecule has 4 heteroatoms. The maximum atomic E-state index is 10.4. The van der Waals surface area contributed by atoms with Crippen LogP contribution in [0.3, 0.4) is 0 Å². The third-order valence-electron chi connectivity index (χ3n) is 2.15. The molecule has 2 nitrogen and oxygen atoms in total. The molecule has 2 atom stereocenters. The van der Waals surface area contributed by atoms with Gasteiger partial charge in [-0.05, 0) is 24.3 Å². The summed E-state index contributed by atoms with van der Waals surface area (Å²) in [5.74, 6) is 2.17. The third kappa shape index (κ3) is 3.92. The number of rotatable bonds is 4. The standard InChI is InChI=1S/C9H16O2S2/c1-7(6-10)8(11)5-9-12-3-2-4-13-9/h6-9,11H,2-5H2,1H3/t7-,8-/m0/s1. The Labute approximate surface area is 87.9 Å². The molecule has 0 radical (unpaired) electrons. The molecule has 0 unspecified atom stereocenters. The predicted molar refractivity (Wildman–Crippen MR) is 59.2 cm³/mol. The summed E-state index contributed by atoms with van der Waals surface area (Å²) in [5.41, 5.74) is 0. The summed E-state index contributed by atoms with van der Waals surface area (Å²) in [6.45, 7) is 1.77. The minimum absolute atomic E-state index is 0.219. The Balaban J connectivity index is 2.25. The molecule has 1 saturated heterocycles. The zero-order valence-electron chi connectivity index (χ0n) is 7.81. The van der Waals surface area contributed by atoms with Gasteiger partial charge >= 0.3 is 0 Å². The first kappa shape index (κ1) is 11.4. The zero-order valence-corrected chi connectivity index (χ0v) is 9.44. The Morgan fingerprint density at radius 3 is 2.69 bits per heavy atom.